The third kappa shape index (κ3) is 1.78. The summed E-state index contributed by atoms with van der Waals surface area (Å²) in [6, 6.07) is 4.78. The Bertz CT molecular complexity index is 316. The molecular formula is C10H9FO. The minimum atomic E-state index is -0.247. The summed E-state index contributed by atoms with van der Waals surface area (Å²) in [7, 11) is 0. The van der Waals surface area contributed by atoms with Gasteiger partial charge in [-0.05, 0) is 30.2 Å². The molecule has 62 valence electrons. The Morgan fingerprint density at radius 1 is 1.42 bits per heavy atom. The highest BCUT2D eigenvalue weighted by atomic mass is 19.1. The van der Waals surface area contributed by atoms with Crippen molar-refractivity contribution >= 4 is 12.4 Å². The molecule has 0 bridgehead atoms. The number of rotatable bonds is 2. The van der Waals surface area contributed by atoms with Crippen LogP contribution in [-0.4, -0.2) is 6.29 Å². The van der Waals surface area contributed by atoms with Crippen LogP contribution < -0.4 is 0 Å². The van der Waals surface area contributed by atoms with E-state index in [9.17, 15) is 9.18 Å². The van der Waals surface area contributed by atoms with E-state index in [0.717, 1.165) is 5.56 Å². The first-order valence-electron chi connectivity index (χ1n) is 3.62. The predicted octanol–water partition coefficient (Wildman–Crippen LogP) is 2.35. The zero-order valence-electron chi connectivity index (χ0n) is 6.75. The number of carbonyl (C=O) groups excluding carboxylic acids is 1. The van der Waals surface area contributed by atoms with Crippen molar-refractivity contribution in [1.82, 2.24) is 0 Å². The smallest absolute Gasteiger partial charge is 0.142 e. The van der Waals surface area contributed by atoms with Gasteiger partial charge in [0.25, 0.3) is 0 Å². The maximum absolute atomic E-state index is 12.9. The van der Waals surface area contributed by atoms with Gasteiger partial charge < -0.3 is 0 Å². The van der Waals surface area contributed by atoms with Crippen LogP contribution in [-0.2, 0) is 4.79 Å². The third-order valence-corrected chi connectivity index (χ3v) is 1.66. The van der Waals surface area contributed by atoms with E-state index in [1.807, 2.05) is 0 Å². The van der Waals surface area contributed by atoms with Gasteiger partial charge in [0.1, 0.15) is 12.1 Å². The number of hydrogen-bond donors (Lipinski definition) is 0. The van der Waals surface area contributed by atoms with Crippen molar-refractivity contribution in [3.8, 4) is 0 Å². The standard InChI is InChI=1S/C10H9FO/c1-8-9(5-3-7-12)4-2-6-10(8)11/h2-7H,1H3. The number of benzene rings is 1. The van der Waals surface area contributed by atoms with Crippen LogP contribution in [0.5, 0.6) is 0 Å². The Kier molecular flexibility index (Phi) is 2.75. The lowest BCUT2D eigenvalue weighted by Gasteiger charge is -1.99. The van der Waals surface area contributed by atoms with E-state index in [4.69, 9.17) is 0 Å². The van der Waals surface area contributed by atoms with Gasteiger partial charge >= 0.3 is 0 Å². The van der Waals surface area contributed by atoms with Crippen LogP contribution in [0.3, 0.4) is 0 Å². The Labute approximate surface area is 70.5 Å². The van der Waals surface area contributed by atoms with Gasteiger partial charge in [-0.1, -0.05) is 18.2 Å². The minimum absolute atomic E-state index is 0.247. The van der Waals surface area contributed by atoms with Crippen molar-refractivity contribution in [2.75, 3.05) is 0 Å². The minimum Gasteiger partial charge on any atom is -0.299 e. The molecule has 1 aromatic carbocycles. The molecule has 0 saturated carbocycles. The van der Waals surface area contributed by atoms with Crippen LogP contribution >= 0.6 is 0 Å². The second-order valence-electron chi connectivity index (χ2n) is 2.45. The molecule has 0 fully saturated rings. The largest absolute Gasteiger partial charge is 0.299 e. The molecule has 0 aliphatic rings. The Balaban J connectivity index is 3.07. The third-order valence-electron chi connectivity index (χ3n) is 1.66. The molecule has 0 spiro atoms. The Morgan fingerprint density at radius 3 is 2.83 bits per heavy atom. The highest BCUT2D eigenvalue weighted by molar-refractivity contribution is 5.74. The van der Waals surface area contributed by atoms with Crippen LogP contribution in [0.1, 0.15) is 11.1 Å². The van der Waals surface area contributed by atoms with Gasteiger partial charge in [0, 0.05) is 0 Å². The van der Waals surface area contributed by atoms with E-state index in [2.05, 4.69) is 0 Å². The van der Waals surface area contributed by atoms with Crippen LogP contribution in [0.25, 0.3) is 6.08 Å². The molecule has 1 nitrogen and oxygen atoms in total. The van der Waals surface area contributed by atoms with Crippen LogP contribution in [0.4, 0.5) is 4.39 Å². The fourth-order valence-corrected chi connectivity index (χ4v) is 0.948. The monoisotopic (exact) mass is 164 g/mol. The van der Waals surface area contributed by atoms with E-state index in [1.54, 1.807) is 25.1 Å². The highest BCUT2D eigenvalue weighted by Crippen LogP contribution is 2.12. The summed E-state index contributed by atoms with van der Waals surface area (Å²) in [5, 5.41) is 0. The highest BCUT2D eigenvalue weighted by Gasteiger charge is 1.98. The van der Waals surface area contributed by atoms with Gasteiger partial charge in [-0.2, -0.15) is 0 Å². The first kappa shape index (κ1) is 8.65. The number of halogens is 1. The van der Waals surface area contributed by atoms with Gasteiger partial charge in [-0.15, -0.1) is 0 Å². The van der Waals surface area contributed by atoms with Crippen molar-refractivity contribution < 1.29 is 9.18 Å². The molecule has 0 unspecified atom stereocenters. The van der Waals surface area contributed by atoms with E-state index in [0.29, 0.717) is 11.8 Å². The fourth-order valence-electron chi connectivity index (χ4n) is 0.948. The molecule has 0 radical (unpaired) electrons. The normalized spacial score (nSPS) is 10.5. The lowest BCUT2D eigenvalue weighted by molar-refractivity contribution is -0.104. The summed E-state index contributed by atoms with van der Waals surface area (Å²) >= 11 is 0. The van der Waals surface area contributed by atoms with Gasteiger partial charge in [-0.3, -0.25) is 4.79 Å². The molecule has 2 heteroatoms. The Hall–Kier alpha value is -1.44. The van der Waals surface area contributed by atoms with Crippen LogP contribution in [0.15, 0.2) is 24.3 Å². The zero-order chi connectivity index (χ0) is 8.97. The van der Waals surface area contributed by atoms with E-state index in [-0.39, 0.29) is 5.82 Å². The van der Waals surface area contributed by atoms with Gasteiger partial charge in [-0.25, -0.2) is 4.39 Å². The lowest BCUT2D eigenvalue weighted by Crippen LogP contribution is -1.85. The first-order chi connectivity index (χ1) is 5.75. The molecule has 0 aromatic heterocycles. The molecular weight excluding hydrogens is 155 g/mol. The molecule has 0 aliphatic heterocycles. The van der Waals surface area contributed by atoms with Crippen molar-refractivity contribution in [3.63, 3.8) is 0 Å². The molecule has 0 N–H and O–H groups in total. The van der Waals surface area contributed by atoms with Crippen molar-refractivity contribution in [3.05, 3.63) is 41.2 Å². The second-order valence-corrected chi connectivity index (χ2v) is 2.45. The maximum Gasteiger partial charge on any atom is 0.142 e. The topological polar surface area (TPSA) is 17.1 Å². The van der Waals surface area contributed by atoms with Crippen LogP contribution in [0.2, 0.25) is 0 Å². The van der Waals surface area contributed by atoms with Crippen molar-refractivity contribution in [1.29, 1.82) is 0 Å². The summed E-state index contributed by atoms with van der Waals surface area (Å²) < 4.78 is 12.9. The maximum atomic E-state index is 12.9. The average Bonchev–Trinajstić information content (AvgIpc) is 2.08. The molecule has 0 heterocycles. The average molecular weight is 164 g/mol. The van der Waals surface area contributed by atoms with Crippen LogP contribution in [0, 0.1) is 12.7 Å². The predicted molar refractivity (Wildman–Crippen MR) is 46.2 cm³/mol. The number of hydrogen-bond acceptors (Lipinski definition) is 1. The van der Waals surface area contributed by atoms with Gasteiger partial charge in [0.05, 0.1) is 0 Å². The summed E-state index contributed by atoms with van der Waals surface area (Å²) in [6.45, 7) is 1.68. The second kappa shape index (κ2) is 3.81. The molecule has 0 saturated heterocycles. The molecule has 12 heavy (non-hydrogen) atoms. The summed E-state index contributed by atoms with van der Waals surface area (Å²) in [5.74, 6) is -0.247. The molecule has 1 rings (SSSR count). The van der Waals surface area contributed by atoms with Gasteiger partial charge in [0.2, 0.25) is 0 Å². The van der Waals surface area contributed by atoms with E-state index < -0.39 is 0 Å². The van der Waals surface area contributed by atoms with E-state index in [1.165, 1.54) is 12.1 Å². The zero-order valence-corrected chi connectivity index (χ0v) is 6.75. The van der Waals surface area contributed by atoms with Crippen molar-refractivity contribution in [2.24, 2.45) is 0 Å². The quantitative estimate of drug-likeness (QED) is 0.484. The number of allylic oxidation sites excluding steroid dienone is 1. The molecule has 0 amide bonds. The molecule has 1 aromatic rings. The Morgan fingerprint density at radius 2 is 2.17 bits per heavy atom. The summed E-state index contributed by atoms with van der Waals surface area (Å²) in [6.07, 6.45) is 3.61. The lowest BCUT2D eigenvalue weighted by atomic mass is 10.1. The fraction of sp³-hybridized carbons (Fsp3) is 0.100. The van der Waals surface area contributed by atoms with Gasteiger partial charge in [0.15, 0.2) is 0 Å². The molecule has 0 aliphatic carbocycles. The number of aldehydes is 1. The first-order valence-corrected chi connectivity index (χ1v) is 3.62. The van der Waals surface area contributed by atoms with Crippen molar-refractivity contribution in [2.45, 2.75) is 6.92 Å². The molecule has 0 atom stereocenters. The summed E-state index contributed by atoms with van der Waals surface area (Å²) in [4.78, 5) is 9.99. The number of carbonyl (C=O) groups is 1. The summed E-state index contributed by atoms with van der Waals surface area (Å²) in [5.41, 5.74) is 1.30. The SMILES string of the molecule is Cc1c(F)cccc1C=CC=O. The van der Waals surface area contributed by atoms with E-state index >= 15 is 0 Å².